The Morgan fingerprint density at radius 2 is 1.52 bits per heavy atom. The Balaban J connectivity index is 2.20. The summed E-state index contributed by atoms with van der Waals surface area (Å²) in [6.07, 6.45) is -2.64. The number of aliphatic carboxylic acids is 1. The minimum Gasteiger partial charge on any atom is -0.481 e. The van der Waals surface area contributed by atoms with E-state index in [-0.39, 0.29) is 31.7 Å². The van der Waals surface area contributed by atoms with Crippen molar-refractivity contribution in [3.05, 3.63) is 35.9 Å². The van der Waals surface area contributed by atoms with Crippen LogP contribution in [0, 0.1) is 11.8 Å². The van der Waals surface area contributed by atoms with E-state index in [2.05, 4.69) is 21.3 Å². The summed E-state index contributed by atoms with van der Waals surface area (Å²) in [5.41, 5.74) is 5.27. The number of nitrogens with zero attached hydrogens (tertiary/aromatic N) is 1. The molecule has 6 atom stereocenters. The maximum Gasteiger partial charge on any atom is 0.408 e. The number of nitrogens with two attached hydrogens (primary N) is 1. The highest BCUT2D eigenvalue weighted by Crippen LogP contribution is 2.21. The molecular weight excluding hydrogens is 676 g/mol. The van der Waals surface area contributed by atoms with Crippen molar-refractivity contribution in [2.45, 2.75) is 129 Å². The Labute approximate surface area is 305 Å². The van der Waals surface area contributed by atoms with Gasteiger partial charge < -0.3 is 46.9 Å². The fourth-order valence-corrected chi connectivity index (χ4v) is 5.81. The molecule has 16 nitrogen and oxygen atoms in total. The van der Waals surface area contributed by atoms with Crippen molar-refractivity contribution in [3.8, 4) is 0 Å². The van der Waals surface area contributed by atoms with Gasteiger partial charge in [-0.25, -0.2) is 4.79 Å². The summed E-state index contributed by atoms with van der Waals surface area (Å²) < 4.78 is 5.30. The number of aliphatic hydroxyl groups is 1. The van der Waals surface area contributed by atoms with Crippen molar-refractivity contribution in [1.29, 1.82) is 0 Å². The molecule has 6 amide bonds. The second-order valence-corrected chi connectivity index (χ2v) is 14.8. The minimum absolute atomic E-state index is 0.00410. The Morgan fingerprint density at radius 3 is 2.06 bits per heavy atom. The number of rotatable bonds is 18. The van der Waals surface area contributed by atoms with Crippen molar-refractivity contribution in [1.82, 2.24) is 26.2 Å². The lowest BCUT2D eigenvalue weighted by atomic mass is 9.99. The lowest BCUT2D eigenvalue weighted by Gasteiger charge is -2.29. The molecule has 1 aliphatic rings. The zero-order valence-corrected chi connectivity index (χ0v) is 31.1. The summed E-state index contributed by atoms with van der Waals surface area (Å²) in [5.74, 6) is -5.17. The number of ether oxygens (including phenoxy) is 1. The number of aliphatic hydroxyl groups excluding tert-OH is 1. The predicted molar refractivity (Wildman–Crippen MR) is 190 cm³/mol. The highest BCUT2D eigenvalue weighted by molar-refractivity contribution is 5.93. The van der Waals surface area contributed by atoms with Crippen LogP contribution in [0.15, 0.2) is 30.3 Å². The molecule has 0 aromatic heterocycles. The van der Waals surface area contributed by atoms with Crippen molar-refractivity contribution in [2.24, 2.45) is 17.6 Å². The molecule has 0 unspecified atom stereocenters. The molecule has 1 aliphatic heterocycles. The van der Waals surface area contributed by atoms with E-state index in [1.807, 2.05) is 0 Å². The first-order valence-electron chi connectivity index (χ1n) is 17.6. The van der Waals surface area contributed by atoms with Crippen LogP contribution in [0.25, 0.3) is 0 Å². The summed E-state index contributed by atoms with van der Waals surface area (Å²) in [6, 6.07) is 3.29. The summed E-state index contributed by atoms with van der Waals surface area (Å²) in [6.45, 7) is 12.2. The number of carboxylic acid groups (broad SMARTS) is 1. The molecule has 2 rings (SSSR count). The monoisotopic (exact) mass is 732 g/mol. The molecule has 16 heteroatoms. The average molecular weight is 733 g/mol. The van der Waals surface area contributed by atoms with E-state index in [1.54, 1.807) is 78.8 Å². The fraction of sp³-hybridized carbons (Fsp3) is 0.639. The molecule has 1 saturated heterocycles. The molecule has 290 valence electrons. The van der Waals surface area contributed by atoms with E-state index in [0.29, 0.717) is 18.4 Å². The number of carbonyl (C=O) groups is 7. The number of alkyl carbamates (subject to hydrolysis) is 1. The number of primary amides is 1. The second kappa shape index (κ2) is 19.8. The molecule has 0 radical (unpaired) electrons. The molecular formula is C36H56N6O10. The molecule has 0 bridgehead atoms. The third-order valence-corrected chi connectivity index (χ3v) is 8.52. The quantitative estimate of drug-likeness (QED) is 0.113. The third-order valence-electron chi connectivity index (χ3n) is 8.52. The maximum atomic E-state index is 13.7. The van der Waals surface area contributed by atoms with Crippen molar-refractivity contribution < 1.29 is 48.5 Å². The topological polar surface area (TPSA) is 247 Å². The molecule has 0 spiro atoms. The van der Waals surface area contributed by atoms with Crippen molar-refractivity contribution in [2.75, 3.05) is 6.54 Å². The Kier molecular flexibility index (Phi) is 16.5. The summed E-state index contributed by atoms with van der Waals surface area (Å²) in [4.78, 5) is 91.0. The van der Waals surface area contributed by atoms with Crippen LogP contribution in [0.3, 0.4) is 0 Å². The number of carboxylic acids is 1. The standard InChI is InChI=1S/C36H56N6O10/c1-20(2)29(31(37)47)40-33(49)25-14-11-17-42(25)27(44)16-15-26(43)23(19-28(45)46)38-32(48)24(18-22-12-9-8-10-13-22)39-34(50)30(21(3)4)41-35(51)52-36(5,6)7/h8-10,12-13,20-21,23-26,29-30,43H,11,14-19H2,1-7H3,(H2,37,47)(H,38,48)(H,39,50)(H,40,49)(H,41,51)(H,45,46)/t23-,24-,25-,26+,29-,30-/m0/s1. The van der Waals surface area contributed by atoms with E-state index in [1.165, 1.54) is 4.90 Å². The molecule has 1 heterocycles. The number of amides is 6. The molecule has 52 heavy (non-hydrogen) atoms. The van der Waals surface area contributed by atoms with Crippen LogP contribution in [0.2, 0.25) is 0 Å². The number of nitrogens with one attached hydrogen (secondary N) is 4. The largest absolute Gasteiger partial charge is 0.481 e. The lowest BCUT2D eigenvalue weighted by molar-refractivity contribution is -0.140. The van der Waals surface area contributed by atoms with Crippen LogP contribution >= 0.6 is 0 Å². The van der Waals surface area contributed by atoms with Gasteiger partial charge in [0.2, 0.25) is 29.5 Å². The second-order valence-electron chi connectivity index (χ2n) is 14.8. The maximum absolute atomic E-state index is 13.7. The van der Waals surface area contributed by atoms with Gasteiger partial charge in [0.05, 0.1) is 18.6 Å². The van der Waals surface area contributed by atoms with Crippen molar-refractivity contribution >= 4 is 41.6 Å². The van der Waals surface area contributed by atoms with Gasteiger partial charge in [-0.05, 0) is 57.4 Å². The zero-order chi connectivity index (χ0) is 39.3. The van der Waals surface area contributed by atoms with Gasteiger partial charge in [0.1, 0.15) is 29.8 Å². The fourth-order valence-electron chi connectivity index (χ4n) is 5.81. The van der Waals surface area contributed by atoms with Crippen LogP contribution in [-0.4, -0.2) is 105 Å². The lowest BCUT2D eigenvalue weighted by Crippen LogP contribution is -2.58. The first kappa shape index (κ1) is 43.4. The first-order valence-corrected chi connectivity index (χ1v) is 17.6. The van der Waals surface area contributed by atoms with Crippen LogP contribution in [0.1, 0.15) is 86.1 Å². The van der Waals surface area contributed by atoms with Gasteiger partial charge >= 0.3 is 12.1 Å². The summed E-state index contributed by atoms with van der Waals surface area (Å²) in [5, 5.41) is 31.1. The average Bonchev–Trinajstić information content (AvgIpc) is 3.53. The predicted octanol–water partition coefficient (Wildman–Crippen LogP) is 0.981. The SMILES string of the molecule is CC(C)[C@H](NC(=O)[C@@H]1CCCN1C(=O)CC[C@@H](O)[C@H](CC(=O)O)NC(=O)[C@H](Cc1ccccc1)NC(=O)[C@@H](NC(=O)OC(C)(C)C)C(C)C)C(N)=O. The van der Waals surface area contributed by atoms with Gasteiger partial charge in [-0.2, -0.15) is 0 Å². The first-order chi connectivity index (χ1) is 24.2. The van der Waals surface area contributed by atoms with Crippen molar-refractivity contribution in [3.63, 3.8) is 0 Å². The van der Waals surface area contributed by atoms with E-state index >= 15 is 0 Å². The van der Waals surface area contributed by atoms with Gasteiger partial charge in [-0.15, -0.1) is 0 Å². The highest BCUT2D eigenvalue weighted by atomic mass is 16.6. The smallest absolute Gasteiger partial charge is 0.408 e. The van der Waals surface area contributed by atoms with Gasteiger partial charge in [-0.1, -0.05) is 58.0 Å². The van der Waals surface area contributed by atoms with Gasteiger partial charge in [0.25, 0.3) is 0 Å². The normalized spacial score (nSPS) is 17.3. The molecule has 1 aromatic carbocycles. The van der Waals surface area contributed by atoms with E-state index in [4.69, 9.17) is 10.5 Å². The molecule has 0 aliphatic carbocycles. The highest BCUT2D eigenvalue weighted by Gasteiger charge is 2.37. The zero-order valence-electron chi connectivity index (χ0n) is 31.1. The third kappa shape index (κ3) is 14.1. The van der Waals surface area contributed by atoms with E-state index in [0.717, 1.165) is 0 Å². The Hall–Kier alpha value is -4.73. The van der Waals surface area contributed by atoms with Gasteiger partial charge in [0, 0.05) is 19.4 Å². The number of hydrogen-bond donors (Lipinski definition) is 7. The summed E-state index contributed by atoms with van der Waals surface area (Å²) in [7, 11) is 0. The number of carbonyl (C=O) groups excluding carboxylic acids is 6. The van der Waals surface area contributed by atoms with Gasteiger partial charge in [-0.3, -0.25) is 28.8 Å². The minimum atomic E-state index is -1.50. The molecule has 8 N–H and O–H groups in total. The number of benzene rings is 1. The van der Waals surface area contributed by atoms with Gasteiger partial charge in [0.15, 0.2) is 0 Å². The number of hydrogen-bond acceptors (Lipinski definition) is 9. The molecule has 1 aromatic rings. The molecule has 1 fully saturated rings. The van der Waals surface area contributed by atoms with Crippen LogP contribution in [0.5, 0.6) is 0 Å². The molecule has 0 saturated carbocycles. The summed E-state index contributed by atoms with van der Waals surface area (Å²) >= 11 is 0. The number of likely N-dealkylation sites (tertiary alicyclic amines) is 1. The van der Waals surface area contributed by atoms with Crippen LogP contribution in [-0.2, 0) is 39.9 Å². The van der Waals surface area contributed by atoms with Crippen LogP contribution in [0.4, 0.5) is 4.79 Å². The Bertz CT molecular complexity index is 1410. The van der Waals surface area contributed by atoms with E-state index < -0.39 is 95.9 Å². The van der Waals surface area contributed by atoms with Crippen LogP contribution < -0.4 is 27.0 Å². The Morgan fingerprint density at radius 1 is 0.904 bits per heavy atom. The van der Waals surface area contributed by atoms with E-state index in [9.17, 15) is 43.8 Å².